The molecule has 6 aromatic carbocycles. The van der Waals surface area contributed by atoms with Crippen LogP contribution in [-0.2, 0) is 0 Å². The summed E-state index contributed by atoms with van der Waals surface area (Å²) >= 11 is 0. The van der Waals surface area contributed by atoms with E-state index in [0.717, 1.165) is 28.6 Å². The number of hydrogen-bond donors (Lipinski definition) is 0. The lowest BCUT2D eigenvalue weighted by molar-refractivity contribution is 0.488. The molecule has 1 aromatic heterocycles. The lowest BCUT2D eigenvalue weighted by Gasteiger charge is -2.45. The molecule has 0 radical (unpaired) electrons. The average Bonchev–Trinajstić information content (AvgIpc) is 3.14. The van der Waals surface area contributed by atoms with Crippen LogP contribution >= 0.6 is 0 Å². The Morgan fingerprint density at radius 3 is 1.77 bits per heavy atom. The third kappa shape index (κ3) is 3.82. The van der Waals surface area contributed by atoms with Crippen LogP contribution in [-0.4, -0.2) is 18.4 Å². The van der Waals surface area contributed by atoms with E-state index in [0.29, 0.717) is 0 Å². The van der Waals surface area contributed by atoms with Crippen molar-refractivity contribution in [3.63, 3.8) is 0 Å². The molecule has 0 N–H and O–H groups in total. The molecule has 0 spiro atoms. The highest BCUT2D eigenvalue weighted by atomic mass is 16.5. The minimum absolute atomic E-state index is 0.0170. The molecule has 4 heterocycles. The molecule has 0 saturated heterocycles. The highest BCUT2D eigenvalue weighted by Gasteiger charge is 2.47. The Balaban J connectivity index is 1.39. The van der Waals surface area contributed by atoms with Crippen molar-refractivity contribution in [3.8, 4) is 11.5 Å². The maximum atomic E-state index is 6.94. The van der Waals surface area contributed by atoms with Crippen molar-refractivity contribution in [2.45, 2.75) is 0 Å². The molecule has 0 amide bonds. The summed E-state index contributed by atoms with van der Waals surface area (Å²) in [4.78, 5) is 9.29. The summed E-state index contributed by atoms with van der Waals surface area (Å²) in [5, 5.41) is 0. The molecule has 3 aliphatic heterocycles. The summed E-state index contributed by atoms with van der Waals surface area (Å²) < 4.78 is 6.94. The summed E-state index contributed by atoms with van der Waals surface area (Å²) in [5.41, 5.74) is 14.3. The van der Waals surface area contributed by atoms with E-state index >= 15 is 0 Å². The molecule has 0 aliphatic carbocycles. The van der Waals surface area contributed by atoms with Crippen LogP contribution in [0.25, 0.3) is 0 Å². The zero-order valence-electron chi connectivity index (χ0n) is 25.5. The second-order valence-corrected chi connectivity index (χ2v) is 12.3. The van der Waals surface area contributed by atoms with Crippen LogP contribution in [0.5, 0.6) is 11.5 Å². The van der Waals surface area contributed by atoms with Gasteiger partial charge in [-0.3, -0.25) is 4.98 Å². The van der Waals surface area contributed by atoms with Crippen LogP contribution in [0, 0.1) is 0 Å². The van der Waals surface area contributed by atoms with Gasteiger partial charge in [0.15, 0.2) is 0 Å². The Morgan fingerprint density at radius 1 is 0.447 bits per heavy atom. The van der Waals surface area contributed by atoms with Gasteiger partial charge in [0.05, 0.1) is 0 Å². The van der Waals surface area contributed by atoms with E-state index in [-0.39, 0.29) is 13.4 Å². The third-order valence-corrected chi connectivity index (χ3v) is 9.86. The van der Waals surface area contributed by atoms with E-state index < -0.39 is 0 Å². The zero-order chi connectivity index (χ0) is 30.9. The average molecular weight is 599 g/mol. The van der Waals surface area contributed by atoms with Crippen molar-refractivity contribution in [3.05, 3.63) is 164 Å². The third-order valence-electron chi connectivity index (χ3n) is 9.86. The molecule has 0 unspecified atom stereocenters. The molecule has 0 bridgehead atoms. The highest BCUT2D eigenvalue weighted by molar-refractivity contribution is 7.03. The SMILES string of the molecule is c1ccc(B2c3ccccc3N(c3ccccc3)c3cc4c5c(c32)N(c2ccncc2)c2ccccc2B5c2ccccc2O4)cc1. The van der Waals surface area contributed by atoms with Gasteiger partial charge in [-0.15, -0.1) is 0 Å². The number of benzene rings is 6. The Hall–Kier alpha value is -6.00. The number of rotatable bonds is 3. The van der Waals surface area contributed by atoms with Crippen molar-refractivity contribution >= 4 is 80.3 Å². The Bertz CT molecular complexity index is 2310. The van der Waals surface area contributed by atoms with E-state index in [1.165, 1.54) is 49.8 Å². The van der Waals surface area contributed by atoms with Gasteiger partial charge in [-0.05, 0) is 69.8 Å². The van der Waals surface area contributed by atoms with Crippen LogP contribution in [0.3, 0.4) is 0 Å². The number of pyridine rings is 1. The van der Waals surface area contributed by atoms with Gasteiger partial charge in [-0.1, -0.05) is 109 Å². The van der Waals surface area contributed by atoms with Gasteiger partial charge in [0, 0.05) is 52.6 Å². The fourth-order valence-corrected chi connectivity index (χ4v) is 8.03. The minimum Gasteiger partial charge on any atom is -0.458 e. The number of nitrogens with zero attached hydrogens (tertiary/aromatic N) is 3. The monoisotopic (exact) mass is 599 g/mol. The van der Waals surface area contributed by atoms with Crippen LogP contribution < -0.4 is 47.3 Å². The molecule has 3 aliphatic rings. The maximum absolute atomic E-state index is 6.94. The van der Waals surface area contributed by atoms with Crippen LogP contribution in [0.2, 0.25) is 0 Å². The van der Waals surface area contributed by atoms with Gasteiger partial charge in [-0.2, -0.15) is 0 Å². The van der Waals surface area contributed by atoms with E-state index in [9.17, 15) is 0 Å². The Morgan fingerprint density at radius 2 is 1.02 bits per heavy atom. The molecule has 218 valence electrons. The molecular formula is C41H27B2N3O. The Labute approximate surface area is 274 Å². The van der Waals surface area contributed by atoms with Gasteiger partial charge in [0.1, 0.15) is 11.5 Å². The van der Waals surface area contributed by atoms with Gasteiger partial charge in [0.2, 0.25) is 6.71 Å². The number of ether oxygens (including phenoxy) is 1. The molecule has 0 atom stereocenters. The first-order valence-corrected chi connectivity index (χ1v) is 16.1. The Kier molecular flexibility index (Phi) is 5.73. The topological polar surface area (TPSA) is 28.6 Å². The second kappa shape index (κ2) is 10.3. The molecule has 7 aromatic rings. The summed E-state index contributed by atoms with van der Waals surface area (Å²) in [6.07, 6.45) is 3.77. The van der Waals surface area contributed by atoms with Crippen molar-refractivity contribution < 1.29 is 4.74 Å². The van der Waals surface area contributed by atoms with Crippen LogP contribution in [0.15, 0.2) is 164 Å². The van der Waals surface area contributed by atoms with E-state index in [4.69, 9.17) is 4.74 Å². The number of hydrogen-bond acceptors (Lipinski definition) is 4. The van der Waals surface area contributed by atoms with Gasteiger partial charge in [-0.25, -0.2) is 0 Å². The number of fused-ring (bicyclic) bond motifs is 7. The minimum atomic E-state index is -0.0184. The number of anilines is 6. The van der Waals surface area contributed by atoms with Crippen LogP contribution in [0.1, 0.15) is 0 Å². The quantitative estimate of drug-likeness (QED) is 0.241. The number of para-hydroxylation sites is 4. The molecule has 0 saturated carbocycles. The van der Waals surface area contributed by atoms with E-state index in [1.54, 1.807) is 0 Å². The molecule has 47 heavy (non-hydrogen) atoms. The summed E-state index contributed by atoms with van der Waals surface area (Å²) in [6, 6.07) is 54.4. The largest absolute Gasteiger partial charge is 0.458 e. The second-order valence-electron chi connectivity index (χ2n) is 12.3. The summed E-state index contributed by atoms with van der Waals surface area (Å²) in [7, 11) is 0. The van der Waals surface area contributed by atoms with Crippen molar-refractivity contribution in [2.24, 2.45) is 0 Å². The molecule has 0 fully saturated rings. The van der Waals surface area contributed by atoms with Gasteiger partial charge >= 0.3 is 0 Å². The standard InChI is InChI=1S/C41H27B2N3O/c1-3-13-28(14-4-1)42-31-17-7-10-20-34(31)45(29-15-5-2-6-16-29)36-27-38-40-41(39(36)42)46(30-23-25-44-26-24-30)35-21-11-8-18-32(35)43(40)33-19-9-12-22-37(33)47-38/h1-27H. The van der Waals surface area contributed by atoms with Crippen LogP contribution in [0.4, 0.5) is 34.1 Å². The van der Waals surface area contributed by atoms with E-state index in [2.05, 4.69) is 166 Å². The summed E-state index contributed by atoms with van der Waals surface area (Å²) in [6.45, 7) is -0.00149. The fraction of sp³-hybridized carbons (Fsp3) is 0. The molecule has 4 nitrogen and oxygen atoms in total. The first-order valence-electron chi connectivity index (χ1n) is 16.1. The smallest absolute Gasteiger partial charge is 0.256 e. The summed E-state index contributed by atoms with van der Waals surface area (Å²) in [5.74, 6) is 1.80. The molecular weight excluding hydrogens is 572 g/mol. The predicted octanol–water partition coefficient (Wildman–Crippen LogP) is 5.79. The lowest BCUT2D eigenvalue weighted by Crippen LogP contribution is -2.65. The normalized spacial score (nSPS) is 13.5. The zero-order valence-corrected chi connectivity index (χ0v) is 25.5. The predicted molar refractivity (Wildman–Crippen MR) is 196 cm³/mol. The number of aromatic nitrogens is 1. The first-order chi connectivity index (χ1) is 23.4. The lowest BCUT2D eigenvalue weighted by atomic mass is 9.30. The fourth-order valence-electron chi connectivity index (χ4n) is 8.03. The molecule has 6 heteroatoms. The van der Waals surface area contributed by atoms with Gasteiger partial charge < -0.3 is 14.5 Å². The van der Waals surface area contributed by atoms with E-state index in [1.807, 2.05) is 12.4 Å². The van der Waals surface area contributed by atoms with Crippen molar-refractivity contribution in [1.82, 2.24) is 4.98 Å². The van der Waals surface area contributed by atoms with Crippen molar-refractivity contribution in [1.29, 1.82) is 0 Å². The highest BCUT2D eigenvalue weighted by Crippen LogP contribution is 2.45. The van der Waals surface area contributed by atoms with Crippen molar-refractivity contribution in [2.75, 3.05) is 9.80 Å². The van der Waals surface area contributed by atoms with Gasteiger partial charge in [0.25, 0.3) is 6.71 Å². The maximum Gasteiger partial charge on any atom is 0.256 e. The molecule has 10 rings (SSSR count). The first kappa shape index (κ1) is 26.2.